The van der Waals surface area contributed by atoms with Crippen LogP contribution in [0.2, 0.25) is 0 Å². The highest BCUT2D eigenvalue weighted by molar-refractivity contribution is 5.79. The summed E-state index contributed by atoms with van der Waals surface area (Å²) in [5.41, 5.74) is 0. The predicted octanol–water partition coefficient (Wildman–Crippen LogP) is 1.83. The van der Waals surface area contributed by atoms with Gasteiger partial charge in [-0.25, -0.2) is 0 Å². The van der Waals surface area contributed by atoms with E-state index in [9.17, 15) is 4.79 Å². The molecule has 0 aromatic carbocycles. The number of ether oxygens (including phenoxy) is 2. The van der Waals surface area contributed by atoms with Crippen molar-refractivity contribution in [1.29, 1.82) is 0 Å². The number of hydrogen-bond donors (Lipinski definition) is 0. The van der Waals surface area contributed by atoms with Gasteiger partial charge in [-0.3, -0.25) is 4.79 Å². The van der Waals surface area contributed by atoms with Crippen LogP contribution < -0.4 is 0 Å². The van der Waals surface area contributed by atoms with Gasteiger partial charge in [-0.2, -0.15) is 0 Å². The molecular formula is C15H25NO3. The first kappa shape index (κ1) is 13.4. The first-order valence-corrected chi connectivity index (χ1v) is 7.76. The third kappa shape index (κ3) is 3.69. The minimum atomic E-state index is 0.165. The Morgan fingerprint density at radius 2 is 1.63 bits per heavy atom. The lowest BCUT2D eigenvalue weighted by atomic mass is 9.80. The zero-order valence-corrected chi connectivity index (χ0v) is 11.8. The molecule has 0 spiro atoms. The molecule has 0 radical (unpaired) electrons. The maximum atomic E-state index is 12.7. The van der Waals surface area contributed by atoms with Crippen LogP contribution in [0.1, 0.15) is 39.0 Å². The van der Waals surface area contributed by atoms with E-state index in [1.165, 1.54) is 32.1 Å². The maximum absolute atomic E-state index is 12.7. The van der Waals surface area contributed by atoms with Crippen LogP contribution in [0.3, 0.4) is 0 Å². The number of epoxide rings is 2. The van der Waals surface area contributed by atoms with Crippen molar-refractivity contribution in [3.8, 4) is 0 Å². The van der Waals surface area contributed by atoms with Crippen LogP contribution >= 0.6 is 0 Å². The topological polar surface area (TPSA) is 45.4 Å². The molecule has 1 aliphatic carbocycles. The summed E-state index contributed by atoms with van der Waals surface area (Å²) >= 11 is 0. The average molecular weight is 267 g/mol. The highest BCUT2D eigenvalue weighted by atomic mass is 16.6. The zero-order valence-electron chi connectivity index (χ0n) is 11.8. The van der Waals surface area contributed by atoms with Gasteiger partial charge in [0.1, 0.15) is 0 Å². The molecule has 0 bridgehead atoms. The lowest BCUT2D eigenvalue weighted by molar-refractivity contribution is -0.137. The van der Waals surface area contributed by atoms with Crippen LogP contribution in [0.15, 0.2) is 0 Å². The van der Waals surface area contributed by atoms with Crippen molar-refractivity contribution < 1.29 is 14.3 Å². The fraction of sp³-hybridized carbons (Fsp3) is 0.933. The summed E-state index contributed by atoms with van der Waals surface area (Å²) in [6.45, 7) is 5.26. The van der Waals surface area contributed by atoms with Crippen molar-refractivity contribution >= 4 is 5.91 Å². The maximum Gasteiger partial charge on any atom is 0.225 e. The summed E-state index contributed by atoms with van der Waals surface area (Å²) in [5, 5.41) is 0. The average Bonchev–Trinajstić information content (AvgIpc) is 3.32. The summed E-state index contributed by atoms with van der Waals surface area (Å²) in [7, 11) is 0. The smallest absolute Gasteiger partial charge is 0.225 e. The standard InChI is InChI=1S/C15H25NO3/c1-11(12-5-3-2-4-6-12)15(17)16(7-13-9-18-13)8-14-10-19-14/h11-14H,2-10H2,1H3. The number of nitrogens with zero attached hydrogens (tertiary/aromatic N) is 1. The predicted molar refractivity (Wildman–Crippen MR) is 71.8 cm³/mol. The van der Waals surface area contributed by atoms with Gasteiger partial charge in [0, 0.05) is 19.0 Å². The summed E-state index contributed by atoms with van der Waals surface area (Å²) in [5.74, 6) is 1.07. The quantitative estimate of drug-likeness (QED) is 0.690. The molecule has 3 atom stereocenters. The minimum absolute atomic E-state index is 0.165. The van der Waals surface area contributed by atoms with E-state index in [2.05, 4.69) is 6.92 Å². The van der Waals surface area contributed by atoms with E-state index >= 15 is 0 Å². The van der Waals surface area contributed by atoms with Crippen molar-refractivity contribution in [2.75, 3.05) is 26.3 Å². The van der Waals surface area contributed by atoms with Crippen molar-refractivity contribution in [2.45, 2.75) is 51.2 Å². The van der Waals surface area contributed by atoms with Crippen molar-refractivity contribution in [3.63, 3.8) is 0 Å². The molecule has 3 rings (SSSR count). The number of hydrogen-bond acceptors (Lipinski definition) is 3. The van der Waals surface area contributed by atoms with Crippen LogP contribution in [-0.4, -0.2) is 49.3 Å². The van der Waals surface area contributed by atoms with E-state index in [4.69, 9.17) is 9.47 Å². The number of carbonyl (C=O) groups is 1. The summed E-state index contributed by atoms with van der Waals surface area (Å²) in [6, 6.07) is 0. The number of carbonyl (C=O) groups excluding carboxylic acids is 1. The number of amides is 1. The molecule has 4 heteroatoms. The molecule has 1 amide bonds. The lowest BCUT2D eigenvalue weighted by Crippen LogP contribution is -2.42. The van der Waals surface area contributed by atoms with Gasteiger partial charge in [0.15, 0.2) is 0 Å². The molecule has 19 heavy (non-hydrogen) atoms. The Bertz CT molecular complexity index is 305. The fourth-order valence-corrected chi connectivity index (χ4v) is 3.22. The van der Waals surface area contributed by atoms with E-state index in [0.717, 1.165) is 26.3 Å². The van der Waals surface area contributed by atoms with Gasteiger partial charge in [0.05, 0.1) is 25.4 Å². The lowest BCUT2D eigenvalue weighted by Gasteiger charge is -2.31. The van der Waals surface area contributed by atoms with Crippen molar-refractivity contribution in [3.05, 3.63) is 0 Å². The van der Waals surface area contributed by atoms with Gasteiger partial charge in [-0.1, -0.05) is 26.2 Å². The number of rotatable bonds is 6. The van der Waals surface area contributed by atoms with Gasteiger partial charge in [0.25, 0.3) is 0 Å². The largest absolute Gasteiger partial charge is 0.371 e. The van der Waals surface area contributed by atoms with Gasteiger partial charge >= 0.3 is 0 Å². The van der Waals surface area contributed by atoms with E-state index < -0.39 is 0 Å². The zero-order chi connectivity index (χ0) is 13.2. The normalized spacial score (nSPS) is 31.8. The molecule has 0 aromatic rings. The Morgan fingerprint density at radius 1 is 1.11 bits per heavy atom. The fourth-order valence-electron chi connectivity index (χ4n) is 3.22. The third-order valence-corrected chi connectivity index (χ3v) is 4.71. The minimum Gasteiger partial charge on any atom is -0.371 e. The first-order chi connectivity index (χ1) is 9.24. The Hall–Kier alpha value is -0.610. The molecule has 3 aliphatic rings. The molecule has 3 fully saturated rings. The van der Waals surface area contributed by atoms with Gasteiger partial charge in [-0.05, 0) is 18.8 Å². The Balaban J connectivity index is 1.56. The summed E-state index contributed by atoms with van der Waals surface area (Å²) in [6.07, 6.45) is 6.93. The van der Waals surface area contributed by atoms with Crippen LogP contribution in [0.4, 0.5) is 0 Å². The molecular weight excluding hydrogens is 242 g/mol. The van der Waals surface area contributed by atoms with E-state index in [1.54, 1.807) is 0 Å². The third-order valence-electron chi connectivity index (χ3n) is 4.71. The van der Waals surface area contributed by atoms with Crippen LogP contribution in [0, 0.1) is 11.8 Å². The molecule has 0 aromatic heterocycles. The van der Waals surface area contributed by atoms with Crippen molar-refractivity contribution in [2.24, 2.45) is 11.8 Å². The monoisotopic (exact) mass is 267 g/mol. The van der Waals surface area contributed by atoms with Gasteiger partial charge in [0.2, 0.25) is 5.91 Å². The molecule has 0 N–H and O–H groups in total. The van der Waals surface area contributed by atoms with Crippen molar-refractivity contribution in [1.82, 2.24) is 4.90 Å². The molecule has 2 heterocycles. The molecule has 4 nitrogen and oxygen atoms in total. The molecule has 2 aliphatic heterocycles. The SMILES string of the molecule is CC(C(=O)N(CC1CO1)CC1CO1)C1CCCCC1. The Labute approximate surface area is 115 Å². The highest BCUT2D eigenvalue weighted by Crippen LogP contribution is 2.31. The summed E-state index contributed by atoms with van der Waals surface area (Å²) < 4.78 is 10.6. The second kappa shape index (κ2) is 5.80. The van der Waals surface area contributed by atoms with Crippen LogP contribution in [0.5, 0.6) is 0 Å². The molecule has 2 saturated heterocycles. The molecule has 1 saturated carbocycles. The highest BCUT2D eigenvalue weighted by Gasteiger charge is 2.36. The van der Waals surface area contributed by atoms with Crippen LogP contribution in [-0.2, 0) is 14.3 Å². The van der Waals surface area contributed by atoms with E-state index in [0.29, 0.717) is 11.8 Å². The second-order valence-corrected chi connectivity index (χ2v) is 6.34. The van der Waals surface area contributed by atoms with Crippen LogP contribution in [0.25, 0.3) is 0 Å². The van der Waals surface area contributed by atoms with E-state index in [-0.39, 0.29) is 18.1 Å². The Kier molecular flexibility index (Phi) is 4.08. The molecule has 108 valence electrons. The summed E-state index contributed by atoms with van der Waals surface area (Å²) in [4.78, 5) is 14.7. The van der Waals surface area contributed by atoms with E-state index in [1.807, 2.05) is 4.90 Å². The molecule has 3 unspecified atom stereocenters. The Morgan fingerprint density at radius 3 is 2.11 bits per heavy atom. The first-order valence-electron chi connectivity index (χ1n) is 7.76. The van der Waals surface area contributed by atoms with Gasteiger partial charge < -0.3 is 14.4 Å². The second-order valence-electron chi connectivity index (χ2n) is 6.34. The van der Waals surface area contributed by atoms with Gasteiger partial charge in [-0.15, -0.1) is 0 Å².